The van der Waals surface area contributed by atoms with Crippen LogP contribution in [0.5, 0.6) is 0 Å². The maximum Gasteiger partial charge on any atom is 0.0463 e. The molecule has 4 heteroatoms. The molecule has 0 heterocycles. The quantitative estimate of drug-likeness (QED) is 0.123. The molecule has 0 spiro atoms. The molecule has 1 aliphatic carbocycles. The van der Waals surface area contributed by atoms with Crippen LogP contribution in [-0.4, -0.2) is 0 Å². The van der Waals surface area contributed by atoms with Crippen LogP contribution in [0.2, 0.25) is 0 Å². The number of allylic oxidation sites excluding steroid dienone is 4. The Hall–Kier alpha value is -7.56. The van der Waals surface area contributed by atoms with Crippen molar-refractivity contribution >= 4 is 56.9 Å². The van der Waals surface area contributed by atoms with Crippen molar-refractivity contribution in [2.24, 2.45) is 0 Å². The summed E-state index contributed by atoms with van der Waals surface area (Å²) in [4.78, 5) is 9.41. The number of para-hydroxylation sites is 6. The molecule has 0 aromatic heterocycles. The van der Waals surface area contributed by atoms with Crippen molar-refractivity contribution in [1.82, 2.24) is 0 Å². The molecule has 4 nitrogen and oxygen atoms in total. The van der Waals surface area contributed by atoms with Gasteiger partial charge in [-0.05, 0) is 146 Å². The Labute approximate surface area is 342 Å². The molecule has 0 bridgehead atoms. The van der Waals surface area contributed by atoms with Crippen molar-refractivity contribution in [3.05, 3.63) is 254 Å². The van der Waals surface area contributed by atoms with Gasteiger partial charge in [-0.3, -0.25) is 0 Å². The maximum atomic E-state index is 2.42. The zero-order valence-electron chi connectivity index (χ0n) is 32.3. The minimum absolute atomic E-state index is 0.867. The average Bonchev–Trinajstić information content (AvgIpc) is 3.30. The first-order valence-electron chi connectivity index (χ1n) is 19.9. The second-order valence-electron chi connectivity index (χ2n) is 14.2. The minimum Gasteiger partial charge on any atom is -0.314 e. The molecule has 280 valence electrons. The standard InChI is InChI=1S/C54H44N4/c1-7-19-43(20-8-1)55(44-21-9-2-10-22-44)49-31-37-52(38-32-49)58(53-39-33-50(34-40-53)56(45-23-11-3-12-24-45)46-25-13-4-14-26-46)54-41-35-51(36-42-54)57(47-27-15-5-16-28-47)48-29-17-6-18-30-48/h1-35,37-41H,36,42H2. The number of benzene rings is 8. The first kappa shape index (κ1) is 36.1. The minimum atomic E-state index is 0.867. The van der Waals surface area contributed by atoms with Crippen molar-refractivity contribution in [3.63, 3.8) is 0 Å². The van der Waals surface area contributed by atoms with Crippen LogP contribution in [0, 0.1) is 0 Å². The maximum absolute atomic E-state index is 2.42. The third-order valence-electron chi connectivity index (χ3n) is 10.5. The summed E-state index contributed by atoms with van der Waals surface area (Å²) in [5, 5.41) is 0. The van der Waals surface area contributed by atoms with Gasteiger partial charge >= 0.3 is 0 Å². The summed E-state index contributed by atoms with van der Waals surface area (Å²) < 4.78 is 0. The van der Waals surface area contributed by atoms with Gasteiger partial charge in [-0.25, -0.2) is 0 Å². The van der Waals surface area contributed by atoms with E-state index >= 15 is 0 Å². The SMILES string of the molecule is C1=C(N(c2ccccc2)c2ccccc2)CCC(N(c2ccc(N(c3ccccc3)c3ccccc3)cc2)c2ccc(N(c3ccccc3)c3ccccc3)cc2)=C1. The van der Waals surface area contributed by atoms with Gasteiger partial charge in [0.05, 0.1) is 0 Å². The van der Waals surface area contributed by atoms with Crippen LogP contribution in [0.3, 0.4) is 0 Å². The Morgan fingerprint density at radius 3 is 0.569 bits per heavy atom. The monoisotopic (exact) mass is 748 g/mol. The van der Waals surface area contributed by atoms with Gasteiger partial charge in [0.25, 0.3) is 0 Å². The number of hydrogen-bond donors (Lipinski definition) is 0. The second kappa shape index (κ2) is 17.1. The Kier molecular flexibility index (Phi) is 10.6. The van der Waals surface area contributed by atoms with Gasteiger partial charge in [0, 0.05) is 68.3 Å². The van der Waals surface area contributed by atoms with Gasteiger partial charge in [-0.1, -0.05) is 109 Å². The molecule has 9 rings (SSSR count). The smallest absolute Gasteiger partial charge is 0.0463 e. The molecule has 58 heavy (non-hydrogen) atoms. The Balaban J connectivity index is 1.12. The molecular formula is C54H44N4. The zero-order valence-corrected chi connectivity index (χ0v) is 32.3. The largest absolute Gasteiger partial charge is 0.314 e. The van der Waals surface area contributed by atoms with E-state index in [9.17, 15) is 0 Å². The van der Waals surface area contributed by atoms with E-state index in [-0.39, 0.29) is 0 Å². The van der Waals surface area contributed by atoms with E-state index in [2.05, 4.69) is 262 Å². The summed E-state index contributed by atoms with van der Waals surface area (Å²) in [6, 6.07) is 81.6. The van der Waals surface area contributed by atoms with E-state index in [0.717, 1.165) is 69.7 Å². The molecule has 8 aromatic carbocycles. The van der Waals surface area contributed by atoms with Crippen LogP contribution in [0.25, 0.3) is 0 Å². The van der Waals surface area contributed by atoms with E-state index in [1.54, 1.807) is 0 Å². The zero-order chi connectivity index (χ0) is 38.9. The van der Waals surface area contributed by atoms with Crippen LogP contribution >= 0.6 is 0 Å². The fourth-order valence-electron chi connectivity index (χ4n) is 7.81. The molecule has 8 aromatic rings. The van der Waals surface area contributed by atoms with Crippen LogP contribution in [-0.2, 0) is 0 Å². The molecule has 0 fully saturated rings. The lowest BCUT2D eigenvalue weighted by Crippen LogP contribution is -2.22. The van der Waals surface area contributed by atoms with Gasteiger partial charge in [-0.2, -0.15) is 0 Å². The van der Waals surface area contributed by atoms with Gasteiger partial charge in [0.2, 0.25) is 0 Å². The molecule has 0 atom stereocenters. The summed E-state index contributed by atoms with van der Waals surface area (Å²) in [5.74, 6) is 0. The lowest BCUT2D eigenvalue weighted by Gasteiger charge is -2.34. The van der Waals surface area contributed by atoms with Gasteiger partial charge < -0.3 is 19.6 Å². The molecule has 0 unspecified atom stereocenters. The molecule has 1 aliphatic rings. The highest BCUT2D eigenvalue weighted by atomic mass is 15.2. The van der Waals surface area contributed by atoms with Crippen molar-refractivity contribution in [1.29, 1.82) is 0 Å². The van der Waals surface area contributed by atoms with Crippen LogP contribution in [0.4, 0.5) is 56.9 Å². The number of anilines is 10. The van der Waals surface area contributed by atoms with Gasteiger partial charge in [-0.15, -0.1) is 0 Å². The third kappa shape index (κ3) is 7.77. The molecule has 0 saturated heterocycles. The van der Waals surface area contributed by atoms with Crippen molar-refractivity contribution < 1.29 is 0 Å². The predicted molar refractivity (Wildman–Crippen MR) is 245 cm³/mol. The van der Waals surface area contributed by atoms with Crippen LogP contribution in [0.1, 0.15) is 12.8 Å². The molecular weight excluding hydrogens is 705 g/mol. The Bertz CT molecular complexity index is 2330. The second-order valence-corrected chi connectivity index (χ2v) is 14.2. The Morgan fingerprint density at radius 2 is 0.362 bits per heavy atom. The fourth-order valence-corrected chi connectivity index (χ4v) is 7.81. The first-order chi connectivity index (χ1) is 28.8. The highest BCUT2D eigenvalue weighted by molar-refractivity contribution is 5.81. The number of rotatable bonds is 12. The lowest BCUT2D eigenvalue weighted by molar-refractivity contribution is 0.851. The highest BCUT2D eigenvalue weighted by Crippen LogP contribution is 2.42. The molecule has 0 amide bonds. The molecule has 0 radical (unpaired) electrons. The molecule has 0 aliphatic heterocycles. The van der Waals surface area contributed by atoms with Crippen LogP contribution in [0.15, 0.2) is 254 Å². The van der Waals surface area contributed by atoms with Crippen molar-refractivity contribution in [3.8, 4) is 0 Å². The molecule has 0 saturated carbocycles. The molecule has 0 N–H and O–H groups in total. The van der Waals surface area contributed by atoms with E-state index in [1.165, 1.54) is 11.4 Å². The predicted octanol–water partition coefficient (Wildman–Crippen LogP) is 15.2. The fraction of sp³-hybridized carbons (Fsp3) is 0.0370. The van der Waals surface area contributed by atoms with Crippen molar-refractivity contribution in [2.45, 2.75) is 12.8 Å². The summed E-state index contributed by atoms with van der Waals surface area (Å²) in [6.45, 7) is 0. The topological polar surface area (TPSA) is 13.0 Å². The van der Waals surface area contributed by atoms with E-state index in [1.807, 2.05) is 0 Å². The van der Waals surface area contributed by atoms with E-state index in [4.69, 9.17) is 0 Å². The third-order valence-corrected chi connectivity index (χ3v) is 10.5. The summed E-state index contributed by atoms with van der Waals surface area (Å²) >= 11 is 0. The van der Waals surface area contributed by atoms with E-state index < -0.39 is 0 Å². The average molecular weight is 749 g/mol. The Morgan fingerprint density at radius 1 is 0.190 bits per heavy atom. The highest BCUT2D eigenvalue weighted by Gasteiger charge is 2.23. The lowest BCUT2D eigenvalue weighted by atomic mass is 10.0. The van der Waals surface area contributed by atoms with Crippen LogP contribution < -0.4 is 19.6 Å². The summed E-state index contributed by atoms with van der Waals surface area (Å²) in [7, 11) is 0. The normalized spacial score (nSPS) is 12.2. The number of hydrogen-bond acceptors (Lipinski definition) is 4. The van der Waals surface area contributed by atoms with Gasteiger partial charge in [0.15, 0.2) is 0 Å². The summed E-state index contributed by atoms with van der Waals surface area (Å²) in [5.41, 5.74) is 13.7. The first-order valence-corrected chi connectivity index (χ1v) is 19.9. The van der Waals surface area contributed by atoms with Gasteiger partial charge in [0.1, 0.15) is 0 Å². The number of nitrogens with zero attached hydrogens (tertiary/aromatic N) is 4. The van der Waals surface area contributed by atoms with E-state index in [0.29, 0.717) is 0 Å². The summed E-state index contributed by atoms with van der Waals surface area (Å²) in [6.07, 6.45) is 6.35. The van der Waals surface area contributed by atoms with Crippen molar-refractivity contribution in [2.75, 3.05) is 19.6 Å².